The Balaban J connectivity index is 3.41. The van der Waals surface area contributed by atoms with E-state index in [9.17, 15) is 8.42 Å². The Morgan fingerprint density at radius 2 is 2.15 bits per heavy atom. The fourth-order valence-electron chi connectivity index (χ4n) is 0.858. The van der Waals surface area contributed by atoms with Gasteiger partial charge in [-0.1, -0.05) is 0 Å². The molecule has 0 saturated heterocycles. The first kappa shape index (κ1) is 10.3. The number of nitrogens with zero attached hydrogens (tertiary/aromatic N) is 1. The van der Waals surface area contributed by atoms with Crippen molar-refractivity contribution < 1.29 is 13.2 Å². The van der Waals surface area contributed by atoms with Gasteiger partial charge in [0.2, 0.25) is 5.88 Å². The molecule has 1 rings (SSSR count). The summed E-state index contributed by atoms with van der Waals surface area (Å²) in [7, 11) is 2.72. The molecule has 0 aliphatic rings. The van der Waals surface area contributed by atoms with E-state index in [1.165, 1.54) is 19.4 Å². The molecule has 0 unspecified atom stereocenters. The number of pyridine rings is 1. The summed E-state index contributed by atoms with van der Waals surface area (Å²) < 4.78 is 26.8. The lowest BCUT2D eigenvalue weighted by Crippen LogP contribution is -1.98. The van der Waals surface area contributed by atoms with Gasteiger partial charge in [0.05, 0.1) is 7.11 Å². The molecule has 1 aromatic rings. The van der Waals surface area contributed by atoms with Crippen LogP contribution < -0.4 is 4.74 Å². The summed E-state index contributed by atoms with van der Waals surface area (Å²) >= 11 is 0. The minimum absolute atomic E-state index is 0.0144. The Kier molecular flexibility index (Phi) is 2.77. The highest BCUT2D eigenvalue weighted by molar-refractivity contribution is 8.13. The van der Waals surface area contributed by atoms with Gasteiger partial charge in [0.15, 0.2) is 0 Å². The van der Waals surface area contributed by atoms with Crippen molar-refractivity contribution in [3.8, 4) is 5.88 Å². The molecule has 6 heteroatoms. The molecular formula is C7H8ClNO3S. The minimum Gasteiger partial charge on any atom is -0.480 e. The van der Waals surface area contributed by atoms with Gasteiger partial charge in [-0.25, -0.2) is 13.4 Å². The van der Waals surface area contributed by atoms with Crippen LogP contribution in [-0.4, -0.2) is 20.5 Å². The second-order valence-corrected chi connectivity index (χ2v) is 4.99. The van der Waals surface area contributed by atoms with Gasteiger partial charge in [0.25, 0.3) is 9.05 Å². The van der Waals surface area contributed by atoms with E-state index in [4.69, 9.17) is 15.4 Å². The highest BCUT2D eigenvalue weighted by atomic mass is 35.7. The minimum atomic E-state index is -3.78. The molecule has 4 nitrogen and oxygen atoms in total. The molecule has 0 aromatic carbocycles. The Labute approximate surface area is 80.9 Å². The summed E-state index contributed by atoms with van der Waals surface area (Å²) in [5.41, 5.74) is 0.708. The number of methoxy groups -OCH3 is 1. The predicted octanol–water partition coefficient (Wildman–Crippen LogP) is 1.33. The van der Waals surface area contributed by atoms with Crippen LogP contribution in [0.3, 0.4) is 0 Å². The fourth-order valence-corrected chi connectivity index (χ4v) is 1.86. The topological polar surface area (TPSA) is 56.3 Å². The molecule has 0 aliphatic carbocycles. The zero-order valence-corrected chi connectivity index (χ0v) is 8.69. The summed E-state index contributed by atoms with van der Waals surface area (Å²) in [4.78, 5) is 3.68. The van der Waals surface area contributed by atoms with Crippen molar-refractivity contribution in [1.29, 1.82) is 0 Å². The molecule has 72 valence electrons. The number of halogens is 1. The average Bonchev–Trinajstić information content (AvgIpc) is 2.03. The maximum Gasteiger partial charge on any atom is 0.266 e. The number of hydrogen-bond donors (Lipinski definition) is 0. The van der Waals surface area contributed by atoms with E-state index in [2.05, 4.69) is 4.98 Å². The number of hydrogen-bond acceptors (Lipinski definition) is 4. The highest BCUT2D eigenvalue weighted by Crippen LogP contribution is 2.24. The Morgan fingerprint density at radius 1 is 1.54 bits per heavy atom. The monoisotopic (exact) mass is 221 g/mol. The molecule has 0 radical (unpaired) electrons. The average molecular weight is 222 g/mol. The predicted molar refractivity (Wildman–Crippen MR) is 48.6 cm³/mol. The van der Waals surface area contributed by atoms with E-state index in [-0.39, 0.29) is 10.8 Å². The zero-order valence-electron chi connectivity index (χ0n) is 7.11. The van der Waals surface area contributed by atoms with Crippen LogP contribution in [0.15, 0.2) is 17.2 Å². The van der Waals surface area contributed by atoms with Crippen LogP contribution in [0, 0.1) is 6.92 Å². The molecule has 0 aliphatic heterocycles. The largest absolute Gasteiger partial charge is 0.480 e. The van der Waals surface area contributed by atoms with Gasteiger partial charge in [0, 0.05) is 16.9 Å². The maximum atomic E-state index is 11.0. The number of ether oxygens (including phenoxy) is 1. The van der Waals surface area contributed by atoms with Crippen LogP contribution in [0.25, 0.3) is 0 Å². The standard InChI is InChI=1S/C7H8ClNO3S/c1-5-3-6(13(8,10)11)7(12-2)9-4-5/h3-4H,1-2H3. The second kappa shape index (κ2) is 3.51. The van der Waals surface area contributed by atoms with Crippen LogP contribution in [-0.2, 0) is 9.05 Å². The van der Waals surface area contributed by atoms with E-state index in [1.54, 1.807) is 6.92 Å². The van der Waals surface area contributed by atoms with Crippen molar-refractivity contribution in [1.82, 2.24) is 4.98 Å². The smallest absolute Gasteiger partial charge is 0.266 e. The molecule has 1 heterocycles. The molecule has 0 spiro atoms. The van der Waals surface area contributed by atoms with Crippen LogP contribution in [0.5, 0.6) is 5.88 Å². The first-order valence-corrected chi connectivity index (χ1v) is 5.71. The second-order valence-electron chi connectivity index (χ2n) is 2.46. The van der Waals surface area contributed by atoms with Crippen molar-refractivity contribution in [3.05, 3.63) is 17.8 Å². The van der Waals surface area contributed by atoms with Gasteiger partial charge in [0.1, 0.15) is 4.90 Å². The highest BCUT2D eigenvalue weighted by Gasteiger charge is 2.17. The number of aryl methyl sites for hydroxylation is 1. The fraction of sp³-hybridized carbons (Fsp3) is 0.286. The molecule has 0 fully saturated rings. The van der Waals surface area contributed by atoms with Crippen molar-refractivity contribution >= 4 is 19.7 Å². The van der Waals surface area contributed by atoms with Gasteiger partial charge in [-0.2, -0.15) is 0 Å². The summed E-state index contributed by atoms with van der Waals surface area (Å²) in [5, 5.41) is 0. The number of rotatable bonds is 2. The van der Waals surface area contributed by atoms with Crippen LogP contribution in [0.2, 0.25) is 0 Å². The third kappa shape index (κ3) is 2.32. The maximum absolute atomic E-state index is 11.0. The van der Waals surface area contributed by atoms with E-state index in [0.29, 0.717) is 5.56 Å². The summed E-state index contributed by atoms with van der Waals surface area (Å²) in [5.74, 6) is 0.0144. The van der Waals surface area contributed by atoms with Gasteiger partial charge < -0.3 is 4.74 Å². The first-order valence-electron chi connectivity index (χ1n) is 3.40. The van der Waals surface area contributed by atoms with Crippen molar-refractivity contribution in [2.24, 2.45) is 0 Å². The quantitative estimate of drug-likeness (QED) is 0.707. The molecule has 13 heavy (non-hydrogen) atoms. The third-order valence-electron chi connectivity index (χ3n) is 1.41. The molecule has 0 bridgehead atoms. The SMILES string of the molecule is COc1ncc(C)cc1S(=O)(=O)Cl. The summed E-state index contributed by atoms with van der Waals surface area (Å²) in [6, 6.07) is 1.41. The molecule has 0 N–H and O–H groups in total. The van der Waals surface area contributed by atoms with E-state index in [1.807, 2.05) is 0 Å². The molecule has 0 amide bonds. The lowest BCUT2D eigenvalue weighted by molar-refractivity contribution is 0.385. The summed E-state index contributed by atoms with van der Waals surface area (Å²) in [6.07, 6.45) is 1.50. The van der Waals surface area contributed by atoms with E-state index < -0.39 is 9.05 Å². The van der Waals surface area contributed by atoms with Gasteiger partial charge in [-0.15, -0.1) is 0 Å². The van der Waals surface area contributed by atoms with E-state index in [0.717, 1.165) is 0 Å². The summed E-state index contributed by atoms with van der Waals surface area (Å²) in [6.45, 7) is 1.72. The Hall–Kier alpha value is -0.810. The molecular weight excluding hydrogens is 214 g/mol. The van der Waals surface area contributed by atoms with Gasteiger partial charge >= 0.3 is 0 Å². The van der Waals surface area contributed by atoms with Crippen molar-refractivity contribution in [3.63, 3.8) is 0 Å². The van der Waals surface area contributed by atoms with E-state index >= 15 is 0 Å². The molecule has 1 aromatic heterocycles. The third-order valence-corrected chi connectivity index (χ3v) is 2.73. The first-order chi connectivity index (χ1) is 5.95. The lowest BCUT2D eigenvalue weighted by atomic mass is 10.3. The Morgan fingerprint density at radius 3 is 2.62 bits per heavy atom. The van der Waals surface area contributed by atoms with Crippen LogP contribution >= 0.6 is 10.7 Å². The van der Waals surface area contributed by atoms with Crippen molar-refractivity contribution in [2.45, 2.75) is 11.8 Å². The Bertz CT molecular complexity index is 416. The molecule has 0 saturated carbocycles. The van der Waals surface area contributed by atoms with Gasteiger partial charge in [-0.3, -0.25) is 0 Å². The van der Waals surface area contributed by atoms with Crippen molar-refractivity contribution in [2.75, 3.05) is 7.11 Å². The zero-order chi connectivity index (χ0) is 10.1. The lowest BCUT2D eigenvalue weighted by Gasteiger charge is -2.04. The van der Waals surface area contributed by atoms with Crippen LogP contribution in [0.1, 0.15) is 5.56 Å². The van der Waals surface area contributed by atoms with Crippen LogP contribution in [0.4, 0.5) is 0 Å². The normalized spacial score (nSPS) is 11.3. The molecule has 0 atom stereocenters. The van der Waals surface area contributed by atoms with Gasteiger partial charge in [-0.05, 0) is 18.6 Å². The number of aromatic nitrogens is 1.